The Bertz CT molecular complexity index is 170. The number of benzene rings is 1. The van der Waals surface area contributed by atoms with Gasteiger partial charge in [-0.3, -0.25) is 0 Å². The van der Waals surface area contributed by atoms with Gasteiger partial charge < -0.3 is 20.1 Å². The summed E-state index contributed by atoms with van der Waals surface area (Å²) >= 11 is 10.4. The van der Waals surface area contributed by atoms with E-state index in [1.54, 1.807) is 12.1 Å². The summed E-state index contributed by atoms with van der Waals surface area (Å²) in [6, 6.07) is 7.31. The first kappa shape index (κ1) is 13.4. The molecule has 3 heteroatoms. The van der Waals surface area contributed by atoms with Crippen molar-refractivity contribution in [1.82, 2.24) is 0 Å². The van der Waals surface area contributed by atoms with Crippen molar-refractivity contribution in [3.8, 4) is 0 Å². The molecular weight excluding hydrogens is 390 g/mol. The van der Waals surface area contributed by atoms with Gasteiger partial charge in [0, 0.05) is 5.02 Å². The molecule has 0 aromatic heterocycles. The minimum Gasteiger partial charge on any atom is -0.778 e. The molecule has 0 unspecified atom stereocenters. The predicted octanol–water partition coefficient (Wildman–Crippen LogP) is 2.70. The Hall–Kier alpha value is 0.782. The van der Waals surface area contributed by atoms with Crippen LogP contribution in [0.4, 0.5) is 0 Å². The van der Waals surface area contributed by atoms with E-state index in [1.807, 2.05) is 12.1 Å². The minimum atomic E-state index is 0. The van der Waals surface area contributed by atoms with Crippen LogP contribution in [0.15, 0.2) is 29.2 Å². The van der Waals surface area contributed by atoms with Gasteiger partial charge in [-0.15, -0.1) is 0 Å². The van der Waals surface area contributed by atoms with Gasteiger partial charge in [-0.25, -0.2) is 0 Å². The fourth-order valence-electron chi connectivity index (χ4n) is 0.445. The average Bonchev–Trinajstić information content (AvgIpc) is 1.77. The third-order valence-electron chi connectivity index (χ3n) is 0.837. The molecule has 1 rings (SSSR count). The van der Waals surface area contributed by atoms with Crippen LogP contribution in [0, 0.1) is 38.5 Å². The van der Waals surface area contributed by atoms with Crippen molar-refractivity contribution in [3.05, 3.63) is 36.7 Å². The second kappa shape index (κ2) is 6.49. The maximum Gasteiger partial charge on any atom is 2.00 e. The molecule has 0 atom stereocenters. The zero-order chi connectivity index (χ0) is 5.98. The molecule has 0 fully saturated rings. The number of halogens is 1. The maximum absolute atomic E-state index is 5.60. The molecule has 0 spiro atoms. The normalized spacial score (nSPS) is 7.30. The smallest absolute Gasteiger partial charge is 0.778 e. The van der Waals surface area contributed by atoms with Crippen LogP contribution in [-0.4, -0.2) is 0 Å². The molecule has 0 saturated heterocycles. The Balaban J connectivity index is 0. The molecule has 0 aliphatic heterocycles. The van der Waals surface area contributed by atoms with Crippen molar-refractivity contribution < 1.29 is 31.1 Å². The predicted molar refractivity (Wildman–Crippen MR) is 43.5 cm³/mol. The van der Waals surface area contributed by atoms with Crippen molar-refractivity contribution in [1.29, 1.82) is 0 Å². The molecule has 0 N–H and O–H groups in total. The van der Waals surface area contributed by atoms with Gasteiger partial charge in [0.15, 0.2) is 0 Å². The van der Waals surface area contributed by atoms with Crippen LogP contribution in [-0.2, 0) is 12.6 Å². The first-order valence-corrected chi connectivity index (χ1v) is 3.01. The van der Waals surface area contributed by atoms with Gasteiger partial charge in [-0.2, -0.15) is 4.90 Å². The minimum absolute atomic E-state index is 0. The number of hydrogen-bond acceptors (Lipinski definition) is 1. The van der Waals surface area contributed by atoms with Crippen LogP contribution in [0.25, 0.3) is 0 Å². The molecule has 0 radical (unpaired) electrons. The summed E-state index contributed by atoms with van der Waals surface area (Å²) in [7, 11) is 0. The van der Waals surface area contributed by atoms with Crippen LogP contribution < -0.4 is 0 Å². The molecule has 52 valence electrons. The molecule has 0 aliphatic rings. The molecular formula is C7H7ClSU. The fourth-order valence-corrected chi connectivity index (χ4v) is 0.727. The summed E-state index contributed by atoms with van der Waals surface area (Å²) < 4.78 is 0. The first-order valence-electron chi connectivity index (χ1n) is 2.22. The third-order valence-corrected chi connectivity index (χ3v) is 1.63. The second-order valence-corrected chi connectivity index (χ2v) is 2.28. The molecule has 0 nitrogen and oxygen atoms in total. The van der Waals surface area contributed by atoms with Gasteiger partial charge in [0.25, 0.3) is 0 Å². The van der Waals surface area contributed by atoms with Crippen molar-refractivity contribution in [2.75, 3.05) is 0 Å². The van der Waals surface area contributed by atoms with E-state index >= 15 is 0 Å². The third kappa shape index (κ3) is 3.83. The van der Waals surface area contributed by atoms with Crippen molar-refractivity contribution in [2.45, 2.75) is 4.90 Å². The monoisotopic (exact) mass is 396 g/mol. The summed E-state index contributed by atoms with van der Waals surface area (Å²) in [5.41, 5.74) is 0. The van der Waals surface area contributed by atoms with Crippen LogP contribution in [0.3, 0.4) is 0 Å². The Morgan fingerprint density at radius 3 is 2.00 bits per heavy atom. The SMILES string of the molecule is [CH3-].[S-]c1ccccc1Cl.[U+2]. The van der Waals surface area contributed by atoms with Gasteiger partial charge in [0.05, 0.1) is 0 Å². The van der Waals surface area contributed by atoms with Crippen LogP contribution >= 0.6 is 11.6 Å². The molecule has 0 heterocycles. The molecule has 0 amide bonds. The molecule has 1 aromatic carbocycles. The molecule has 0 aliphatic carbocycles. The second-order valence-electron chi connectivity index (χ2n) is 1.43. The van der Waals surface area contributed by atoms with Crippen molar-refractivity contribution in [2.24, 2.45) is 0 Å². The van der Waals surface area contributed by atoms with E-state index in [-0.39, 0.29) is 38.5 Å². The van der Waals surface area contributed by atoms with Gasteiger partial charge >= 0.3 is 31.1 Å². The van der Waals surface area contributed by atoms with Crippen molar-refractivity contribution >= 4 is 24.2 Å². The topological polar surface area (TPSA) is 0 Å². The average molecular weight is 397 g/mol. The molecule has 0 bridgehead atoms. The van der Waals surface area contributed by atoms with E-state index in [9.17, 15) is 0 Å². The Labute approximate surface area is 96.1 Å². The quantitative estimate of drug-likeness (QED) is 0.480. The summed E-state index contributed by atoms with van der Waals surface area (Å²) in [5.74, 6) is 0. The zero-order valence-corrected chi connectivity index (χ0v) is 11.3. The van der Waals surface area contributed by atoms with Gasteiger partial charge in [0.1, 0.15) is 0 Å². The van der Waals surface area contributed by atoms with E-state index in [0.29, 0.717) is 9.92 Å². The Morgan fingerprint density at radius 2 is 1.70 bits per heavy atom. The van der Waals surface area contributed by atoms with E-state index < -0.39 is 0 Å². The number of rotatable bonds is 0. The molecule has 1 aromatic rings. The molecule has 10 heavy (non-hydrogen) atoms. The summed E-state index contributed by atoms with van der Waals surface area (Å²) in [5, 5.41) is 0.655. The van der Waals surface area contributed by atoms with Gasteiger partial charge in [0.2, 0.25) is 0 Å². The van der Waals surface area contributed by atoms with Crippen LogP contribution in [0.1, 0.15) is 0 Å². The van der Waals surface area contributed by atoms with E-state index in [4.69, 9.17) is 24.2 Å². The van der Waals surface area contributed by atoms with Crippen LogP contribution in [0.5, 0.6) is 0 Å². The Morgan fingerprint density at radius 1 is 1.20 bits per heavy atom. The maximum atomic E-state index is 5.60. The van der Waals surface area contributed by atoms with E-state index in [0.717, 1.165) is 0 Å². The summed E-state index contributed by atoms with van der Waals surface area (Å²) in [6.45, 7) is 0. The zero-order valence-electron chi connectivity index (χ0n) is 5.60. The van der Waals surface area contributed by atoms with E-state index in [2.05, 4.69) is 0 Å². The van der Waals surface area contributed by atoms with E-state index in [1.165, 1.54) is 0 Å². The van der Waals surface area contributed by atoms with Crippen molar-refractivity contribution in [3.63, 3.8) is 0 Å². The summed E-state index contributed by atoms with van der Waals surface area (Å²) in [6.07, 6.45) is 0. The standard InChI is InChI=1S/C6H5ClS.CH3.U/c7-5-3-1-2-4-6(5)8;;/h1-4,8H;1H3;/q;-1;+2/p-1. The fraction of sp³-hybridized carbons (Fsp3) is 0. The number of hydrogen-bond donors (Lipinski definition) is 0. The summed E-state index contributed by atoms with van der Waals surface area (Å²) in [4.78, 5) is 0.717. The largest absolute Gasteiger partial charge is 2.00 e. The molecule has 0 saturated carbocycles. The first-order chi connectivity index (χ1) is 3.80. The van der Waals surface area contributed by atoms with Crippen LogP contribution in [0.2, 0.25) is 5.02 Å². The van der Waals surface area contributed by atoms with Gasteiger partial charge in [-0.05, 0) is 6.07 Å². The Kier molecular flexibility index (Phi) is 8.68. The van der Waals surface area contributed by atoms with Gasteiger partial charge in [-0.1, -0.05) is 29.8 Å².